The third-order valence-electron chi connectivity index (χ3n) is 3.94. The van der Waals surface area contributed by atoms with Gasteiger partial charge in [-0.05, 0) is 23.7 Å². The van der Waals surface area contributed by atoms with E-state index in [2.05, 4.69) is 11.4 Å². The van der Waals surface area contributed by atoms with Gasteiger partial charge in [0.05, 0.1) is 5.78 Å². The van der Waals surface area contributed by atoms with Crippen LogP contribution in [0.5, 0.6) is 0 Å². The molecule has 0 bridgehead atoms. The van der Waals surface area contributed by atoms with Gasteiger partial charge in [-0.1, -0.05) is 59.7 Å². The van der Waals surface area contributed by atoms with Crippen LogP contribution >= 0.6 is 0 Å². The van der Waals surface area contributed by atoms with E-state index in [1.54, 1.807) is 6.07 Å². The molecule has 4 heteroatoms. The molecule has 1 N–H and O–H groups in total. The van der Waals surface area contributed by atoms with Crippen LogP contribution in [0, 0.1) is 6.08 Å². The molecule has 2 aliphatic rings. The average Bonchev–Trinajstić information content (AvgIpc) is 3.09. The molecule has 0 saturated heterocycles. The summed E-state index contributed by atoms with van der Waals surface area (Å²) in [7, 11) is 0. The summed E-state index contributed by atoms with van der Waals surface area (Å²) in [4.78, 5) is 24.4. The van der Waals surface area contributed by atoms with Crippen molar-refractivity contribution in [1.82, 2.24) is 5.32 Å². The predicted octanol–water partition coefficient (Wildman–Crippen LogP) is 3.00. The van der Waals surface area contributed by atoms with E-state index in [-0.39, 0.29) is 44.4 Å². The minimum atomic E-state index is -0.166. The molecule has 0 spiro atoms. The molecule has 2 aromatic carbocycles. The fourth-order valence-electron chi connectivity index (χ4n) is 2.87. The third kappa shape index (κ3) is 2.75. The van der Waals surface area contributed by atoms with Crippen molar-refractivity contribution in [2.45, 2.75) is 6.42 Å². The van der Waals surface area contributed by atoms with Gasteiger partial charge >= 0.3 is 0 Å². The number of carbonyl (C=O) groups excluding carboxylic acids is 2. The van der Waals surface area contributed by atoms with Crippen LogP contribution in [0.3, 0.4) is 0 Å². The van der Waals surface area contributed by atoms with Gasteiger partial charge in [-0.25, -0.2) is 0 Å². The Bertz CT molecular complexity index is 866. The van der Waals surface area contributed by atoms with Crippen molar-refractivity contribution in [3.05, 3.63) is 82.9 Å². The van der Waals surface area contributed by atoms with Gasteiger partial charge < -0.3 is 10.1 Å². The number of hydrogen-bond acceptors (Lipinski definition) is 2. The van der Waals surface area contributed by atoms with Crippen LogP contribution < -0.4 is 5.32 Å². The fourth-order valence-corrected chi connectivity index (χ4v) is 2.87. The molecule has 1 aliphatic carbocycles. The van der Waals surface area contributed by atoms with Crippen molar-refractivity contribution in [3.63, 3.8) is 0 Å². The zero-order chi connectivity index (χ0) is 15.1. The van der Waals surface area contributed by atoms with E-state index < -0.39 is 0 Å². The van der Waals surface area contributed by atoms with Crippen molar-refractivity contribution in [1.29, 1.82) is 0 Å². The van der Waals surface area contributed by atoms with Crippen molar-refractivity contribution >= 4 is 23.0 Å². The number of nitrogens with one attached hydrogen (secondary N) is 1. The molecule has 23 heavy (non-hydrogen) atoms. The summed E-state index contributed by atoms with van der Waals surface area (Å²) in [5.74, 6) is -0.174. The van der Waals surface area contributed by atoms with Gasteiger partial charge in [0.25, 0.3) is 0 Å². The Kier molecular flexibility index (Phi) is 4.42. The van der Waals surface area contributed by atoms with Crippen molar-refractivity contribution < 1.29 is 42.3 Å². The van der Waals surface area contributed by atoms with Crippen molar-refractivity contribution in [3.8, 4) is 0 Å². The van der Waals surface area contributed by atoms with Crippen LogP contribution in [0.25, 0.3) is 11.3 Å². The molecule has 4 rings (SSSR count). The van der Waals surface area contributed by atoms with Crippen LogP contribution in [0.1, 0.15) is 27.9 Å². The molecule has 0 atom stereocenters. The molecular weight excluding hydrogens is 363 g/mol. The van der Waals surface area contributed by atoms with Gasteiger partial charge in [0, 0.05) is 38.3 Å². The maximum absolute atomic E-state index is 12.4. The number of rotatable bonds is 1. The molecule has 1 aliphatic heterocycles. The SMILES string of the molecule is O=C1CC(c2ccccc2)=[C-]/C1=C1\NC(=O)c2ccccc21.[Y]. The topological polar surface area (TPSA) is 46.2 Å². The number of carbonyl (C=O) groups is 2. The maximum Gasteiger partial charge on any atom is 0.247 e. The summed E-state index contributed by atoms with van der Waals surface area (Å²) in [6.45, 7) is 0. The van der Waals surface area contributed by atoms with Gasteiger partial charge in [-0.2, -0.15) is 0 Å². The Balaban J connectivity index is 0.00000156. The molecular formula is C19H12NO2Y-. The number of hydrogen-bond donors (Lipinski definition) is 1. The van der Waals surface area contributed by atoms with E-state index in [1.165, 1.54) is 0 Å². The molecule has 0 saturated carbocycles. The molecule has 1 heterocycles. The smallest absolute Gasteiger partial charge is 0.247 e. The summed E-state index contributed by atoms with van der Waals surface area (Å²) >= 11 is 0. The van der Waals surface area contributed by atoms with Crippen LogP contribution in [-0.2, 0) is 37.5 Å². The predicted molar refractivity (Wildman–Crippen MR) is 83.5 cm³/mol. The first-order valence-electron chi connectivity index (χ1n) is 7.10. The average molecular weight is 375 g/mol. The number of allylic oxidation sites excluding steroid dienone is 3. The van der Waals surface area contributed by atoms with E-state index >= 15 is 0 Å². The summed E-state index contributed by atoms with van der Waals surface area (Å²) < 4.78 is 0. The number of benzene rings is 2. The molecule has 2 aromatic rings. The minimum Gasteiger partial charge on any atom is -0.361 e. The zero-order valence-corrected chi connectivity index (χ0v) is 15.1. The molecule has 0 fully saturated rings. The molecule has 1 amide bonds. The van der Waals surface area contributed by atoms with Gasteiger partial charge in [0.2, 0.25) is 5.91 Å². The Labute approximate surface area is 159 Å². The first-order valence-corrected chi connectivity index (χ1v) is 7.10. The minimum absolute atomic E-state index is 0. The first kappa shape index (κ1) is 16.0. The Morgan fingerprint density at radius 1 is 0.870 bits per heavy atom. The summed E-state index contributed by atoms with van der Waals surface area (Å²) in [6.07, 6.45) is 3.51. The molecule has 0 aromatic heterocycles. The Morgan fingerprint density at radius 2 is 1.52 bits per heavy atom. The van der Waals surface area contributed by atoms with Gasteiger partial charge in [-0.15, -0.1) is 11.6 Å². The summed E-state index contributed by atoms with van der Waals surface area (Å²) in [6, 6.07) is 17.0. The van der Waals surface area contributed by atoms with Crippen molar-refractivity contribution in [2.24, 2.45) is 0 Å². The van der Waals surface area contributed by atoms with Gasteiger partial charge in [0.1, 0.15) is 0 Å². The van der Waals surface area contributed by atoms with Crippen LogP contribution in [0.4, 0.5) is 0 Å². The summed E-state index contributed by atoms with van der Waals surface area (Å²) in [5.41, 5.74) is 4.29. The summed E-state index contributed by atoms with van der Waals surface area (Å²) in [5, 5.41) is 2.81. The van der Waals surface area contributed by atoms with Crippen molar-refractivity contribution in [2.75, 3.05) is 0 Å². The monoisotopic (exact) mass is 375 g/mol. The zero-order valence-electron chi connectivity index (χ0n) is 12.3. The second-order valence-electron chi connectivity index (χ2n) is 5.32. The standard InChI is InChI=1S/C19H12NO2.Y/c21-17-11-13(12-6-2-1-3-7-12)10-16(17)18-14-8-4-5-9-15(14)19(22)20-18;/h1-9H,11H2,(H,20,22);/q-1;/b18-16+;. The number of amides is 1. The second kappa shape index (κ2) is 6.34. The van der Waals surface area contributed by atoms with Gasteiger partial charge in [0.15, 0.2) is 0 Å². The second-order valence-corrected chi connectivity index (χ2v) is 5.32. The maximum atomic E-state index is 12.4. The molecule has 1 radical (unpaired) electrons. The van der Waals surface area contributed by atoms with E-state index in [1.807, 2.05) is 48.5 Å². The number of fused-ring (bicyclic) bond motifs is 1. The molecule has 109 valence electrons. The Hall–Kier alpha value is -1.84. The largest absolute Gasteiger partial charge is 0.361 e. The van der Waals surface area contributed by atoms with Crippen LogP contribution in [0.2, 0.25) is 0 Å². The number of Topliss-reactive ketones (excluding diaryl/α,β-unsaturated/α-hetero) is 1. The third-order valence-corrected chi connectivity index (χ3v) is 3.94. The van der Waals surface area contributed by atoms with Gasteiger partial charge in [-0.3, -0.25) is 4.79 Å². The number of ketones is 1. The Morgan fingerprint density at radius 3 is 2.26 bits per heavy atom. The van der Waals surface area contributed by atoms with E-state index in [0.717, 1.165) is 16.7 Å². The quantitative estimate of drug-likeness (QED) is 0.615. The normalized spacial score (nSPS) is 19.0. The van der Waals surface area contributed by atoms with Crippen LogP contribution in [-0.4, -0.2) is 11.7 Å². The fraction of sp³-hybridized carbons (Fsp3) is 0.0526. The molecule has 3 nitrogen and oxygen atoms in total. The van der Waals surface area contributed by atoms with Crippen LogP contribution in [0.15, 0.2) is 60.2 Å². The molecule has 0 unspecified atom stereocenters. The van der Waals surface area contributed by atoms with E-state index in [4.69, 9.17) is 0 Å². The van der Waals surface area contributed by atoms with E-state index in [0.29, 0.717) is 23.3 Å². The van der Waals surface area contributed by atoms with E-state index in [9.17, 15) is 9.59 Å². The first-order chi connectivity index (χ1) is 10.7.